The highest BCUT2D eigenvalue weighted by Crippen LogP contribution is 2.30. The number of nitrogens with one attached hydrogen (secondary N) is 1. The first-order valence-corrected chi connectivity index (χ1v) is 8.77. The van der Waals surface area contributed by atoms with Gasteiger partial charge in [0.25, 0.3) is 0 Å². The van der Waals surface area contributed by atoms with E-state index in [0.717, 1.165) is 13.1 Å². The molecule has 0 bridgehead atoms. The molecule has 3 heteroatoms. The summed E-state index contributed by atoms with van der Waals surface area (Å²) in [5, 5.41) is 3.54. The number of halogens is 1. The first-order valence-electron chi connectivity index (χ1n) is 7.98. The first kappa shape index (κ1) is 15.8. The molecule has 1 aromatic carbocycles. The van der Waals surface area contributed by atoms with E-state index in [9.17, 15) is 0 Å². The Kier molecular flexibility index (Phi) is 6.37. The van der Waals surface area contributed by atoms with Gasteiger partial charge in [0, 0.05) is 29.3 Å². The highest BCUT2D eigenvalue weighted by atomic mass is 79.9. The third-order valence-corrected chi connectivity index (χ3v) is 4.65. The molecule has 1 aliphatic heterocycles. The van der Waals surface area contributed by atoms with Crippen LogP contribution in [0.5, 0.6) is 0 Å². The van der Waals surface area contributed by atoms with E-state index in [2.05, 4.69) is 58.2 Å². The minimum absolute atomic E-state index is 0.650. The predicted molar refractivity (Wildman–Crippen MR) is 91.4 cm³/mol. The van der Waals surface area contributed by atoms with Crippen LogP contribution in [-0.2, 0) is 6.54 Å². The summed E-state index contributed by atoms with van der Waals surface area (Å²) in [6.07, 6.45) is 6.56. The molecule has 112 valence electrons. The zero-order valence-corrected chi connectivity index (χ0v) is 14.4. The fourth-order valence-corrected chi connectivity index (χ4v) is 3.34. The smallest absolute Gasteiger partial charge is 0.0425 e. The summed E-state index contributed by atoms with van der Waals surface area (Å²) in [5.41, 5.74) is 2.84. The van der Waals surface area contributed by atoms with Crippen molar-refractivity contribution in [2.45, 2.75) is 58.5 Å². The minimum atomic E-state index is 0.650. The molecule has 1 aromatic rings. The summed E-state index contributed by atoms with van der Waals surface area (Å²) in [4.78, 5) is 2.61. The molecular weight excluding hydrogens is 312 g/mol. The molecule has 1 saturated heterocycles. The fraction of sp³-hybridized carbons (Fsp3) is 0.647. The second-order valence-corrected chi connectivity index (χ2v) is 6.76. The van der Waals surface area contributed by atoms with Crippen LogP contribution in [0.3, 0.4) is 0 Å². The molecule has 1 N–H and O–H groups in total. The lowest BCUT2D eigenvalue weighted by atomic mass is 10.1. The minimum Gasteiger partial charge on any atom is -0.369 e. The van der Waals surface area contributed by atoms with Crippen LogP contribution in [0.1, 0.15) is 51.5 Å². The van der Waals surface area contributed by atoms with Gasteiger partial charge in [0.1, 0.15) is 0 Å². The van der Waals surface area contributed by atoms with Crippen molar-refractivity contribution in [3.63, 3.8) is 0 Å². The lowest BCUT2D eigenvalue weighted by molar-refractivity contribution is 0.610. The van der Waals surface area contributed by atoms with Crippen molar-refractivity contribution in [2.24, 2.45) is 0 Å². The van der Waals surface area contributed by atoms with Crippen LogP contribution >= 0.6 is 15.9 Å². The van der Waals surface area contributed by atoms with Crippen LogP contribution in [-0.4, -0.2) is 19.1 Å². The Labute approximate surface area is 132 Å². The Morgan fingerprint density at radius 3 is 2.95 bits per heavy atom. The number of hydrogen-bond acceptors (Lipinski definition) is 2. The summed E-state index contributed by atoms with van der Waals surface area (Å²) in [5.74, 6) is 0. The van der Waals surface area contributed by atoms with Crippen molar-refractivity contribution >= 4 is 21.6 Å². The number of nitrogens with zero attached hydrogens (tertiary/aromatic N) is 1. The maximum absolute atomic E-state index is 3.64. The van der Waals surface area contributed by atoms with Gasteiger partial charge < -0.3 is 10.2 Å². The molecule has 1 fully saturated rings. The van der Waals surface area contributed by atoms with Gasteiger partial charge in [0.05, 0.1) is 0 Å². The topological polar surface area (TPSA) is 15.3 Å². The summed E-state index contributed by atoms with van der Waals surface area (Å²) >= 11 is 3.64. The van der Waals surface area contributed by atoms with Crippen LogP contribution in [0.4, 0.5) is 5.69 Å². The van der Waals surface area contributed by atoms with Crippen LogP contribution in [0.15, 0.2) is 22.7 Å². The molecule has 0 spiro atoms. The Morgan fingerprint density at radius 1 is 1.30 bits per heavy atom. The molecule has 1 atom stereocenters. The molecule has 20 heavy (non-hydrogen) atoms. The average Bonchev–Trinajstić information content (AvgIpc) is 2.65. The molecule has 2 rings (SSSR count). The van der Waals surface area contributed by atoms with E-state index in [1.54, 1.807) is 0 Å². The van der Waals surface area contributed by atoms with Gasteiger partial charge in [-0.3, -0.25) is 0 Å². The highest BCUT2D eigenvalue weighted by Gasteiger charge is 2.19. The Bertz CT molecular complexity index is 419. The van der Waals surface area contributed by atoms with Crippen molar-refractivity contribution in [1.82, 2.24) is 5.32 Å². The molecule has 2 nitrogen and oxygen atoms in total. The molecule has 0 radical (unpaired) electrons. The monoisotopic (exact) mass is 338 g/mol. The van der Waals surface area contributed by atoms with E-state index in [1.165, 1.54) is 54.4 Å². The SMILES string of the molecule is CCCNCc1ccc(Br)cc1N1CCCCCC1C. The number of benzene rings is 1. The predicted octanol–water partition coefficient (Wildman–Crippen LogP) is 4.72. The van der Waals surface area contributed by atoms with Crippen molar-refractivity contribution in [3.05, 3.63) is 28.2 Å². The van der Waals surface area contributed by atoms with Crippen LogP contribution < -0.4 is 10.2 Å². The lowest BCUT2D eigenvalue weighted by Crippen LogP contribution is -2.33. The van der Waals surface area contributed by atoms with Gasteiger partial charge in [-0.15, -0.1) is 0 Å². The van der Waals surface area contributed by atoms with Crippen molar-refractivity contribution in [3.8, 4) is 0 Å². The van der Waals surface area contributed by atoms with E-state index in [0.29, 0.717) is 6.04 Å². The van der Waals surface area contributed by atoms with E-state index in [4.69, 9.17) is 0 Å². The number of anilines is 1. The molecular formula is C17H27BrN2. The highest BCUT2D eigenvalue weighted by molar-refractivity contribution is 9.10. The quantitative estimate of drug-likeness (QED) is 0.781. The summed E-state index contributed by atoms with van der Waals surface area (Å²) in [7, 11) is 0. The first-order chi connectivity index (χ1) is 9.72. The van der Waals surface area contributed by atoms with Crippen LogP contribution in [0.25, 0.3) is 0 Å². The number of rotatable bonds is 5. The van der Waals surface area contributed by atoms with Gasteiger partial charge in [0.2, 0.25) is 0 Å². The zero-order chi connectivity index (χ0) is 14.4. The summed E-state index contributed by atoms with van der Waals surface area (Å²) in [6.45, 7) is 7.84. The average molecular weight is 339 g/mol. The van der Waals surface area contributed by atoms with Gasteiger partial charge in [-0.25, -0.2) is 0 Å². The van der Waals surface area contributed by atoms with Crippen molar-refractivity contribution < 1.29 is 0 Å². The molecule has 0 saturated carbocycles. The van der Waals surface area contributed by atoms with Gasteiger partial charge in [0.15, 0.2) is 0 Å². The van der Waals surface area contributed by atoms with E-state index in [-0.39, 0.29) is 0 Å². The van der Waals surface area contributed by atoms with Gasteiger partial charge in [-0.1, -0.05) is 41.8 Å². The van der Waals surface area contributed by atoms with E-state index < -0.39 is 0 Å². The third-order valence-electron chi connectivity index (χ3n) is 4.15. The third kappa shape index (κ3) is 4.23. The van der Waals surface area contributed by atoms with Gasteiger partial charge >= 0.3 is 0 Å². The molecule has 0 aromatic heterocycles. The Balaban J connectivity index is 2.20. The molecule has 1 unspecified atom stereocenters. The Morgan fingerprint density at radius 2 is 2.15 bits per heavy atom. The lowest BCUT2D eigenvalue weighted by Gasteiger charge is -2.31. The van der Waals surface area contributed by atoms with E-state index >= 15 is 0 Å². The van der Waals surface area contributed by atoms with Crippen LogP contribution in [0, 0.1) is 0 Å². The molecule has 1 heterocycles. The summed E-state index contributed by atoms with van der Waals surface area (Å²) < 4.78 is 1.18. The Hall–Kier alpha value is -0.540. The second kappa shape index (κ2) is 8.04. The second-order valence-electron chi connectivity index (χ2n) is 5.84. The van der Waals surface area contributed by atoms with Gasteiger partial charge in [-0.2, -0.15) is 0 Å². The fourth-order valence-electron chi connectivity index (χ4n) is 2.99. The molecule has 0 aliphatic carbocycles. The molecule has 1 aliphatic rings. The zero-order valence-electron chi connectivity index (χ0n) is 12.8. The van der Waals surface area contributed by atoms with E-state index in [1.807, 2.05) is 0 Å². The number of hydrogen-bond donors (Lipinski definition) is 1. The largest absolute Gasteiger partial charge is 0.369 e. The van der Waals surface area contributed by atoms with Crippen molar-refractivity contribution in [1.29, 1.82) is 0 Å². The van der Waals surface area contributed by atoms with Gasteiger partial charge in [-0.05, 0) is 50.4 Å². The maximum Gasteiger partial charge on any atom is 0.0425 e. The standard InChI is InChI=1S/C17H27BrN2/c1-3-10-19-13-15-8-9-16(18)12-17(15)20-11-6-4-5-7-14(20)2/h8-9,12,14,19H,3-7,10-11,13H2,1-2H3. The molecule has 0 amide bonds. The normalized spacial score (nSPS) is 19.9. The van der Waals surface area contributed by atoms with Crippen LogP contribution in [0.2, 0.25) is 0 Å². The summed E-state index contributed by atoms with van der Waals surface area (Å²) in [6, 6.07) is 7.37. The van der Waals surface area contributed by atoms with Crippen molar-refractivity contribution in [2.75, 3.05) is 18.0 Å². The maximum atomic E-state index is 3.64.